The number of halogens is 2. The standard InChI is InChI=1S/C7H6ClFO/c1-4-2-7(10)6(9)3-5(4)8/h2-3,10H,1H3. The van der Waals surface area contributed by atoms with Gasteiger partial charge in [-0.15, -0.1) is 0 Å². The summed E-state index contributed by atoms with van der Waals surface area (Å²) in [4.78, 5) is 0. The minimum absolute atomic E-state index is 0.329. The molecule has 0 radical (unpaired) electrons. The van der Waals surface area contributed by atoms with Crippen LogP contribution >= 0.6 is 11.6 Å². The van der Waals surface area contributed by atoms with Crippen LogP contribution < -0.4 is 0 Å². The zero-order valence-electron chi connectivity index (χ0n) is 5.36. The van der Waals surface area contributed by atoms with Gasteiger partial charge in [0.1, 0.15) is 0 Å². The molecule has 1 nitrogen and oxygen atoms in total. The van der Waals surface area contributed by atoms with Gasteiger partial charge >= 0.3 is 0 Å². The average molecular weight is 161 g/mol. The lowest BCUT2D eigenvalue weighted by atomic mass is 10.2. The molecular weight excluding hydrogens is 155 g/mol. The maximum Gasteiger partial charge on any atom is 0.166 e. The van der Waals surface area contributed by atoms with E-state index in [1.807, 2.05) is 0 Å². The molecule has 0 spiro atoms. The van der Waals surface area contributed by atoms with Gasteiger partial charge in [0.15, 0.2) is 11.6 Å². The Morgan fingerprint density at radius 2 is 2.10 bits per heavy atom. The van der Waals surface area contributed by atoms with Crippen molar-refractivity contribution in [2.45, 2.75) is 6.92 Å². The zero-order chi connectivity index (χ0) is 7.72. The first-order valence-electron chi connectivity index (χ1n) is 2.76. The second kappa shape index (κ2) is 2.46. The number of phenolic OH excluding ortho intramolecular Hbond substituents is 1. The first-order valence-corrected chi connectivity index (χ1v) is 3.13. The van der Waals surface area contributed by atoms with E-state index in [-0.39, 0.29) is 5.75 Å². The van der Waals surface area contributed by atoms with Gasteiger partial charge in [-0.25, -0.2) is 4.39 Å². The molecule has 0 saturated carbocycles. The number of rotatable bonds is 0. The minimum atomic E-state index is -0.685. The molecule has 0 heterocycles. The van der Waals surface area contributed by atoms with E-state index in [1.54, 1.807) is 6.92 Å². The first-order chi connectivity index (χ1) is 4.61. The highest BCUT2D eigenvalue weighted by Crippen LogP contribution is 2.23. The Balaban J connectivity index is 3.28. The van der Waals surface area contributed by atoms with Crippen molar-refractivity contribution < 1.29 is 9.50 Å². The van der Waals surface area contributed by atoms with Gasteiger partial charge in [-0.05, 0) is 24.6 Å². The van der Waals surface area contributed by atoms with E-state index in [2.05, 4.69) is 0 Å². The number of hydrogen-bond acceptors (Lipinski definition) is 1. The molecule has 1 aromatic carbocycles. The lowest BCUT2D eigenvalue weighted by Gasteiger charge is -1.98. The Hall–Kier alpha value is -0.760. The van der Waals surface area contributed by atoms with Crippen molar-refractivity contribution in [1.82, 2.24) is 0 Å². The van der Waals surface area contributed by atoms with Gasteiger partial charge in [0, 0.05) is 5.02 Å². The Labute approximate surface area is 63.1 Å². The van der Waals surface area contributed by atoms with Gasteiger partial charge in [-0.1, -0.05) is 11.6 Å². The van der Waals surface area contributed by atoms with Gasteiger partial charge < -0.3 is 5.11 Å². The summed E-state index contributed by atoms with van der Waals surface area (Å²) in [6.45, 7) is 1.70. The highest BCUT2D eigenvalue weighted by molar-refractivity contribution is 6.31. The molecule has 0 aliphatic carbocycles. The summed E-state index contributed by atoms with van der Waals surface area (Å²) in [5.74, 6) is -1.04. The van der Waals surface area contributed by atoms with E-state index in [1.165, 1.54) is 6.07 Å². The Morgan fingerprint density at radius 3 is 2.60 bits per heavy atom. The number of aryl methyl sites for hydroxylation is 1. The fourth-order valence-electron chi connectivity index (χ4n) is 0.642. The van der Waals surface area contributed by atoms with Crippen molar-refractivity contribution in [3.63, 3.8) is 0 Å². The summed E-state index contributed by atoms with van der Waals surface area (Å²) in [7, 11) is 0. The van der Waals surface area contributed by atoms with Gasteiger partial charge in [0.25, 0.3) is 0 Å². The fourth-order valence-corrected chi connectivity index (χ4v) is 0.792. The molecule has 0 aliphatic rings. The van der Waals surface area contributed by atoms with Gasteiger partial charge in [-0.2, -0.15) is 0 Å². The minimum Gasteiger partial charge on any atom is -0.505 e. The molecule has 1 N–H and O–H groups in total. The van der Waals surface area contributed by atoms with E-state index in [4.69, 9.17) is 16.7 Å². The van der Waals surface area contributed by atoms with Crippen LogP contribution in [0.2, 0.25) is 5.02 Å². The van der Waals surface area contributed by atoms with Crippen LogP contribution in [0.1, 0.15) is 5.56 Å². The molecule has 54 valence electrons. The topological polar surface area (TPSA) is 20.2 Å². The Kier molecular flexibility index (Phi) is 1.81. The van der Waals surface area contributed by atoms with E-state index in [0.29, 0.717) is 10.6 Å². The lowest BCUT2D eigenvalue weighted by molar-refractivity contribution is 0.432. The quantitative estimate of drug-likeness (QED) is 0.618. The highest BCUT2D eigenvalue weighted by Gasteiger charge is 2.02. The third-order valence-electron chi connectivity index (χ3n) is 1.23. The normalized spacial score (nSPS) is 9.90. The molecule has 0 aliphatic heterocycles. The molecule has 0 saturated heterocycles. The highest BCUT2D eigenvalue weighted by atomic mass is 35.5. The zero-order valence-corrected chi connectivity index (χ0v) is 6.11. The largest absolute Gasteiger partial charge is 0.505 e. The summed E-state index contributed by atoms with van der Waals surface area (Å²) in [6.07, 6.45) is 0. The summed E-state index contributed by atoms with van der Waals surface area (Å²) < 4.78 is 12.4. The lowest BCUT2D eigenvalue weighted by Crippen LogP contribution is -1.79. The van der Waals surface area contributed by atoms with E-state index < -0.39 is 5.82 Å². The van der Waals surface area contributed by atoms with Crippen LogP contribution in [0.4, 0.5) is 4.39 Å². The molecule has 0 aromatic heterocycles. The predicted molar refractivity (Wildman–Crippen MR) is 37.8 cm³/mol. The SMILES string of the molecule is Cc1cc(O)c(F)cc1Cl. The van der Waals surface area contributed by atoms with Crippen LogP contribution in [-0.2, 0) is 0 Å². The van der Waals surface area contributed by atoms with E-state index >= 15 is 0 Å². The molecule has 0 atom stereocenters. The summed E-state index contributed by atoms with van der Waals surface area (Å²) in [6, 6.07) is 2.38. The predicted octanol–water partition coefficient (Wildman–Crippen LogP) is 2.49. The Morgan fingerprint density at radius 1 is 1.50 bits per heavy atom. The van der Waals surface area contributed by atoms with Gasteiger partial charge in [-0.3, -0.25) is 0 Å². The fraction of sp³-hybridized carbons (Fsp3) is 0.143. The summed E-state index contributed by atoms with van der Waals surface area (Å²) >= 11 is 5.53. The van der Waals surface area contributed by atoms with Crippen LogP contribution in [0, 0.1) is 12.7 Å². The third kappa shape index (κ3) is 1.21. The number of aromatic hydroxyl groups is 1. The second-order valence-electron chi connectivity index (χ2n) is 2.05. The van der Waals surface area contributed by atoms with Gasteiger partial charge in [0.05, 0.1) is 0 Å². The van der Waals surface area contributed by atoms with Crippen molar-refractivity contribution in [3.8, 4) is 5.75 Å². The van der Waals surface area contributed by atoms with E-state index in [9.17, 15) is 4.39 Å². The average Bonchev–Trinajstić information content (AvgIpc) is 1.84. The first kappa shape index (κ1) is 7.35. The van der Waals surface area contributed by atoms with Crippen molar-refractivity contribution in [1.29, 1.82) is 0 Å². The molecule has 0 unspecified atom stereocenters. The monoisotopic (exact) mass is 160 g/mol. The van der Waals surface area contributed by atoms with Crippen LogP contribution in [-0.4, -0.2) is 5.11 Å². The van der Waals surface area contributed by atoms with Crippen LogP contribution in [0.25, 0.3) is 0 Å². The molecule has 0 amide bonds. The molecule has 3 heteroatoms. The smallest absolute Gasteiger partial charge is 0.166 e. The van der Waals surface area contributed by atoms with Gasteiger partial charge in [0.2, 0.25) is 0 Å². The van der Waals surface area contributed by atoms with E-state index in [0.717, 1.165) is 6.07 Å². The Bertz CT molecular complexity index is 210. The third-order valence-corrected chi connectivity index (χ3v) is 1.64. The number of benzene rings is 1. The van der Waals surface area contributed by atoms with Crippen molar-refractivity contribution in [2.24, 2.45) is 0 Å². The number of hydrogen-bond donors (Lipinski definition) is 1. The van der Waals surface area contributed by atoms with Crippen LogP contribution in [0.5, 0.6) is 5.75 Å². The maximum atomic E-state index is 12.4. The van der Waals surface area contributed by atoms with Crippen LogP contribution in [0.3, 0.4) is 0 Å². The van der Waals surface area contributed by atoms with Crippen LogP contribution in [0.15, 0.2) is 12.1 Å². The second-order valence-corrected chi connectivity index (χ2v) is 2.46. The molecule has 0 bridgehead atoms. The van der Waals surface area contributed by atoms with Crippen molar-refractivity contribution in [3.05, 3.63) is 28.5 Å². The summed E-state index contributed by atoms with van der Waals surface area (Å²) in [5, 5.41) is 9.12. The van der Waals surface area contributed by atoms with Crippen molar-refractivity contribution in [2.75, 3.05) is 0 Å². The maximum absolute atomic E-state index is 12.4. The van der Waals surface area contributed by atoms with Crippen molar-refractivity contribution >= 4 is 11.6 Å². The molecular formula is C7H6ClFO. The molecule has 1 rings (SSSR count). The number of phenols is 1. The molecule has 0 fully saturated rings. The molecule has 10 heavy (non-hydrogen) atoms. The summed E-state index contributed by atoms with van der Waals surface area (Å²) in [5.41, 5.74) is 0.667. The molecule has 1 aromatic rings.